The van der Waals surface area contributed by atoms with Gasteiger partial charge >= 0.3 is 0 Å². The van der Waals surface area contributed by atoms with Gasteiger partial charge in [0.15, 0.2) is 11.5 Å². The van der Waals surface area contributed by atoms with Crippen LogP contribution in [0.2, 0.25) is 0 Å². The molecule has 4 rings (SSSR count). The van der Waals surface area contributed by atoms with Crippen molar-refractivity contribution in [1.29, 1.82) is 0 Å². The maximum absolute atomic E-state index is 12.5. The number of aryl methyl sites for hydroxylation is 1. The number of carbonyl (C=O) groups is 1. The molecule has 166 valence electrons. The maximum Gasteiger partial charge on any atom is 0.220 e. The molecule has 3 atom stereocenters. The molecule has 0 aromatic heterocycles. The Labute approximate surface area is 183 Å². The van der Waals surface area contributed by atoms with Gasteiger partial charge in [-0.3, -0.25) is 4.79 Å². The van der Waals surface area contributed by atoms with Crippen molar-refractivity contribution in [2.45, 2.75) is 57.0 Å². The second-order valence-corrected chi connectivity index (χ2v) is 8.16. The van der Waals surface area contributed by atoms with Gasteiger partial charge in [-0.05, 0) is 48.9 Å². The average Bonchev–Trinajstić information content (AvgIpc) is 2.82. The normalized spacial score (nSPS) is 22.9. The Morgan fingerprint density at radius 1 is 1.00 bits per heavy atom. The second kappa shape index (κ2) is 10.6. The van der Waals surface area contributed by atoms with Crippen molar-refractivity contribution >= 4 is 5.91 Å². The van der Waals surface area contributed by atoms with Gasteiger partial charge in [0, 0.05) is 12.5 Å². The summed E-state index contributed by atoms with van der Waals surface area (Å²) in [5.74, 6) is 1.45. The lowest BCUT2D eigenvalue weighted by Crippen LogP contribution is -2.49. The number of carbonyl (C=O) groups excluding carboxylic acids is 1. The molecule has 1 saturated heterocycles. The van der Waals surface area contributed by atoms with Gasteiger partial charge in [-0.1, -0.05) is 36.4 Å². The van der Waals surface area contributed by atoms with Crippen molar-refractivity contribution in [3.05, 3.63) is 59.7 Å². The summed E-state index contributed by atoms with van der Waals surface area (Å²) in [4.78, 5) is 12.5. The van der Waals surface area contributed by atoms with Crippen molar-refractivity contribution in [3.8, 4) is 11.5 Å². The summed E-state index contributed by atoms with van der Waals surface area (Å²) in [6.45, 7) is 1.79. The SMILES string of the molecule is COc1ccc(CCC(=O)N[C@@H]2CC[C@H]3OCCO[C@H]3C2)cc1OCc1ccccc1. The highest BCUT2D eigenvalue weighted by Crippen LogP contribution is 2.30. The molecule has 1 amide bonds. The molecule has 31 heavy (non-hydrogen) atoms. The summed E-state index contributed by atoms with van der Waals surface area (Å²) in [6.07, 6.45) is 4.10. The van der Waals surface area contributed by atoms with Gasteiger partial charge in [0.25, 0.3) is 0 Å². The summed E-state index contributed by atoms with van der Waals surface area (Å²) in [5, 5.41) is 3.18. The second-order valence-electron chi connectivity index (χ2n) is 8.16. The van der Waals surface area contributed by atoms with E-state index in [4.69, 9.17) is 18.9 Å². The van der Waals surface area contributed by atoms with Crippen LogP contribution in [-0.4, -0.2) is 44.5 Å². The predicted octanol–water partition coefficient (Wildman–Crippen LogP) is 3.66. The van der Waals surface area contributed by atoms with E-state index < -0.39 is 0 Å². The van der Waals surface area contributed by atoms with E-state index in [9.17, 15) is 4.79 Å². The van der Waals surface area contributed by atoms with Crippen LogP contribution < -0.4 is 14.8 Å². The van der Waals surface area contributed by atoms with E-state index in [1.165, 1.54) is 0 Å². The van der Waals surface area contributed by atoms with E-state index in [0.717, 1.165) is 30.4 Å². The number of nitrogens with one attached hydrogen (secondary N) is 1. The van der Waals surface area contributed by atoms with Gasteiger partial charge in [0.05, 0.1) is 32.5 Å². The lowest BCUT2D eigenvalue weighted by molar-refractivity contribution is -0.158. The third-order valence-electron chi connectivity index (χ3n) is 5.95. The molecule has 0 bridgehead atoms. The number of amides is 1. The zero-order valence-corrected chi connectivity index (χ0v) is 18.0. The van der Waals surface area contributed by atoms with Crippen LogP contribution in [0.15, 0.2) is 48.5 Å². The third-order valence-corrected chi connectivity index (χ3v) is 5.95. The number of rotatable bonds is 8. The zero-order chi connectivity index (χ0) is 21.5. The molecule has 0 unspecified atom stereocenters. The van der Waals surface area contributed by atoms with Crippen molar-refractivity contribution in [2.75, 3.05) is 20.3 Å². The van der Waals surface area contributed by atoms with E-state index in [1.54, 1.807) is 7.11 Å². The van der Waals surface area contributed by atoms with Crippen molar-refractivity contribution in [2.24, 2.45) is 0 Å². The molecule has 6 heteroatoms. The Morgan fingerprint density at radius 2 is 1.81 bits per heavy atom. The van der Waals surface area contributed by atoms with Gasteiger partial charge in [0.1, 0.15) is 6.61 Å². The van der Waals surface area contributed by atoms with Gasteiger partial charge in [-0.25, -0.2) is 0 Å². The summed E-state index contributed by atoms with van der Waals surface area (Å²) in [5.41, 5.74) is 2.14. The van der Waals surface area contributed by atoms with E-state index in [-0.39, 0.29) is 24.2 Å². The van der Waals surface area contributed by atoms with E-state index in [1.807, 2.05) is 48.5 Å². The minimum absolute atomic E-state index is 0.0720. The van der Waals surface area contributed by atoms with Gasteiger partial charge in [0.2, 0.25) is 5.91 Å². The fourth-order valence-corrected chi connectivity index (χ4v) is 4.28. The Morgan fingerprint density at radius 3 is 2.61 bits per heavy atom. The van der Waals surface area contributed by atoms with Crippen LogP contribution in [0.25, 0.3) is 0 Å². The molecule has 1 aliphatic carbocycles. The summed E-state index contributed by atoms with van der Waals surface area (Å²) >= 11 is 0. The Bertz CT molecular complexity index is 856. The summed E-state index contributed by atoms with van der Waals surface area (Å²) < 4.78 is 23.0. The first-order chi connectivity index (χ1) is 15.2. The Hall–Kier alpha value is -2.57. The van der Waals surface area contributed by atoms with Crippen molar-refractivity contribution in [1.82, 2.24) is 5.32 Å². The van der Waals surface area contributed by atoms with Crippen molar-refractivity contribution < 1.29 is 23.7 Å². The molecule has 1 heterocycles. The number of methoxy groups -OCH3 is 1. The molecule has 6 nitrogen and oxygen atoms in total. The highest BCUT2D eigenvalue weighted by atomic mass is 16.6. The van der Waals surface area contributed by atoms with Gasteiger partial charge in [-0.2, -0.15) is 0 Å². The largest absolute Gasteiger partial charge is 0.493 e. The first kappa shape index (κ1) is 21.7. The lowest BCUT2D eigenvalue weighted by Gasteiger charge is -2.39. The van der Waals surface area contributed by atoms with E-state index in [0.29, 0.717) is 44.2 Å². The topological polar surface area (TPSA) is 66.0 Å². The van der Waals surface area contributed by atoms with Crippen LogP contribution >= 0.6 is 0 Å². The molecule has 2 fully saturated rings. The number of hydrogen-bond donors (Lipinski definition) is 1. The number of hydrogen-bond acceptors (Lipinski definition) is 5. The monoisotopic (exact) mass is 425 g/mol. The van der Waals surface area contributed by atoms with Crippen LogP contribution in [0.5, 0.6) is 11.5 Å². The van der Waals surface area contributed by atoms with Crippen LogP contribution in [0.4, 0.5) is 0 Å². The van der Waals surface area contributed by atoms with Crippen LogP contribution in [0.3, 0.4) is 0 Å². The smallest absolute Gasteiger partial charge is 0.220 e. The van der Waals surface area contributed by atoms with Gasteiger partial charge < -0.3 is 24.3 Å². The fraction of sp³-hybridized carbons (Fsp3) is 0.480. The first-order valence-corrected chi connectivity index (χ1v) is 11.1. The first-order valence-electron chi connectivity index (χ1n) is 11.1. The fourth-order valence-electron chi connectivity index (χ4n) is 4.28. The third kappa shape index (κ3) is 5.99. The molecule has 1 N–H and O–H groups in total. The number of benzene rings is 2. The molecule has 2 aromatic rings. The highest BCUT2D eigenvalue weighted by molar-refractivity contribution is 5.76. The molecule has 0 radical (unpaired) electrons. The highest BCUT2D eigenvalue weighted by Gasteiger charge is 2.34. The molecular weight excluding hydrogens is 394 g/mol. The van der Waals surface area contributed by atoms with Crippen LogP contribution in [0.1, 0.15) is 36.8 Å². The van der Waals surface area contributed by atoms with Crippen LogP contribution in [0, 0.1) is 0 Å². The number of ether oxygens (including phenoxy) is 4. The zero-order valence-electron chi connectivity index (χ0n) is 18.0. The van der Waals surface area contributed by atoms with Gasteiger partial charge in [-0.15, -0.1) is 0 Å². The molecule has 1 saturated carbocycles. The lowest BCUT2D eigenvalue weighted by atomic mass is 9.89. The minimum Gasteiger partial charge on any atom is -0.493 e. The molecule has 2 aromatic carbocycles. The summed E-state index contributed by atoms with van der Waals surface area (Å²) in [7, 11) is 1.63. The molecule has 0 spiro atoms. The predicted molar refractivity (Wildman–Crippen MR) is 117 cm³/mol. The average molecular weight is 426 g/mol. The number of fused-ring (bicyclic) bond motifs is 1. The van der Waals surface area contributed by atoms with E-state index in [2.05, 4.69) is 5.32 Å². The summed E-state index contributed by atoms with van der Waals surface area (Å²) in [6, 6.07) is 16.0. The molecule has 2 aliphatic rings. The molecule has 1 aliphatic heterocycles. The Kier molecular flexibility index (Phi) is 7.43. The quantitative estimate of drug-likeness (QED) is 0.699. The minimum atomic E-state index is 0.0720. The van der Waals surface area contributed by atoms with E-state index >= 15 is 0 Å². The van der Waals surface area contributed by atoms with Crippen molar-refractivity contribution in [3.63, 3.8) is 0 Å². The Balaban J connectivity index is 1.28. The molecular formula is C25H31NO5. The maximum atomic E-state index is 12.5. The standard InChI is InChI=1S/C25H31NO5/c1-28-21-10-7-18(15-23(21)31-17-19-5-3-2-4-6-19)8-12-25(27)26-20-9-11-22-24(16-20)30-14-13-29-22/h2-7,10,15,20,22,24H,8-9,11-14,16-17H2,1H3,(H,26,27)/t20-,22-,24+/m1/s1. The van der Waals surface area contributed by atoms with Crippen LogP contribution in [-0.2, 0) is 27.3 Å².